The summed E-state index contributed by atoms with van der Waals surface area (Å²) < 4.78 is 11.9. The van der Waals surface area contributed by atoms with Crippen molar-refractivity contribution in [3.63, 3.8) is 0 Å². The van der Waals surface area contributed by atoms with E-state index in [1.54, 1.807) is 23.9 Å². The Morgan fingerprint density at radius 2 is 2.00 bits per heavy atom. The Morgan fingerprint density at radius 3 is 2.58 bits per heavy atom. The van der Waals surface area contributed by atoms with Gasteiger partial charge in [0.1, 0.15) is 12.3 Å². The summed E-state index contributed by atoms with van der Waals surface area (Å²) in [5.41, 5.74) is 1.54. The molecule has 0 radical (unpaired) electrons. The van der Waals surface area contributed by atoms with E-state index in [-0.39, 0.29) is 35.4 Å². The lowest BCUT2D eigenvalue weighted by molar-refractivity contribution is -0.384. The topological polar surface area (TPSA) is 81.9 Å². The number of nitrogens with zero attached hydrogens (tertiary/aromatic N) is 2. The molecule has 0 N–H and O–H groups in total. The largest absolute Gasteiger partial charge is 0.477 e. The van der Waals surface area contributed by atoms with Crippen LogP contribution in [0.1, 0.15) is 45.1 Å². The molecule has 0 aromatic heterocycles. The van der Waals surface area contributed by atoms with Gasteiger partial charge in [0.25, 0.3) is 5.69 Å². The predicted molar refractivity (Wildman–Crippen MR) is 137 cm³/mol. The molecule has 1 aromatic rings. The minimum absolute atomic E-state index is 0.0336. The Kier molecular flexibility index (Phi) is 9.08. The highest BCUT2D eigenvalue weighted by Gasteiger charge is 2.57. The highest BCUT2D eigenvalue weighted by molar-refractivity contribution is 8.04. The molecule has 2 heterocycles. The molecule has 1 fully saturated rings. The van der Waals surface area contributed by atoms with Gasteiger partial charge in [-0.1, -0.05) is 26.7 Å². The van der Waals surface area contributed by atoms with Crippen molar-refractivity contribution in [1.29, 1.82) is 0 Å². The number of allylic oxidation sites excluding steroid dienone is 1. The lowest BCUT2D eigenvalue weighted by Crippen LogP contribution is -2.60. The molecule has 3 atom stereocenters. The van der Waals surface area contributed by atoms with Crippen LogP contribution in [0, 0.1) is 22.0 Å². The third kappa shape index (κ3) is 5.85. The van der Waals surface area contributed by atoms with Gasteiger partial charge in [0.05, 0.1) is 16.2 Å². The molecule has 0 saturated carbocycles. The zero-order chi connectivity index (χ0) is 24.1. The predicted octanol–water partition coefficient (Wildman–Crippen LogP) is 5.40. The maximum absolute atomic E-state index is 13.3. The molecule has 1 aromatic carbocycles. The molecule has 3 rings (SSSR count). The maximum atomic E-state index is 13.3. The van der Waals surface area contributed by atoms with Gasteiger partial charge in [-0.3, -0.25) is 19.8 Å². The maximum Gasteiger partial charge on any atom is 0.269 e. The molecule has 2 aliphatic heterocycles. The molecule has 10 heteroatoms. The summed E-state index contributed by atoms with van der Waals surface area (Å²) in [4.78, 5) is 26.6. The van der Waals surface area contributed by atoms with Crippen molar-refractivity contribution in [2.75, 3.05) is 6.61 Å². The van der Waals surface area contributed by atoms with Crippen molar-refractivity contribution in [3.05, 3.63) is 50.5 Å². The van der Waals surface area contributed by atoms with Crippen molar-refractivity contribution in [2.24, 2.45) is 11.8 Å². The quantitative estimate of drug-likeness (QED) is 0.123. The third-order valence-corrected chi connectivity index (χ3v) is 8.65. The second-order valence-corrected chi connectivity index (χ2v) is 12.7. The van der Waals surface area contributed by atoms with Gasteiger partial charge >= 0.3 is 0 Å². The fourth-order valence-electron chi connectivity index (χ4n) is 4.16. The monoisotopic (exact) mass is 508 g/mol. The summed E-state index contributed by atoms with van der Waals surface area (Å²) in [7, 11) is -1.15. The summed E-state index contributed by atoms with van der Waals surface area (Å²) in [5.74, 6) is 0.293. The zero-order valence-corrected chi connectivity index (χ0v) is 22.4. The number of β-lactam (4-membered cyclic amide) rings is 1. The van der Waals surface area contributed by atoms with Crippen molar-refractivity contribution < 1.29 is 18.9 Å². The number of nitro benzene ring substituents is 1. The van der Waals surface area contributed by atoms with E-state index in [2.05, 4.69) is 26.9 Å². The number of benzene rings is 1. The molecule has 0 aliphatic carbocycles. The second kappa shape index (κ2) is 11.6. The summed E-state index contributed by atoms with van der Waals surface area (Å²) in [6.45, 7) is 9.41. The van der Waals surface area contributed by atoms with Crippen LogP contribution in [-0.4, -0.2) is 41.8 Å². The van der Waals surface area contributed by atoms with E-state index in [1.807, 2.05) is 4.90 Å². The first-order chi connectivity index (χ1) is 15.8. The number of nitro groups is 1. The van der Waals surface area contributed by atoms with E-state index in [0.717, 1.165) is 41.8 Å². The lowest BCUT2D eigenvalue weighted by Gasteiger charge is -2.46. The zero-order valence-electron chi connectivity index (χ0n) is 19.6. The molecule has 1 saturated heterocycles. The Bertz CT molecular complexity index is 922. The summed E-state index contributed by atoms with van der Waals surface area (Å²) in [6.07, 6.45) is 3.97. The average molecular weight is 509 g/mol. The Morgan fingerprint density at radius 1 is 1.30 bits per heavy atom. The SMILES string of the molecule is CCCC[C@@H](CO[SiH](C)C)[C@H]1C(=O)N2C(C(=S)OCc3ccc([N+](=O)[O-])cc3)=C(CC)S[C@H]12. The minimum Gasteiger partial charge on any atom is -0.477 e. The van der Waals surface area contributed by atoms with Crippen LogP contribution < -0.4 is 0 Å². The van der Waals surface area contributed by atoms with Crippen LogP contribution in [0.25, 0.3) is 0 Å². The van der Waals surface area contributed by atoms with Crippen LogP contribution >= 0.6 is 24.0 Å². The number of fused-ring (bicyclic) bond motifs is 1. The van der Waals surface area contributed by atoms with E-state index in [9.17, 15) is 14.9 Å². The number of unbranched alkanes of at least 4 members (excludes halogenated alkanes) is 1. The van der Waals surface area contributed by atoms with E-state index in [1.165, 1.54) is 12.1 Å². The van der Waals surface area contributed by atoms with E-state index >= 15 is 0 Å². The Hall–Kier alpha value is -1.75. The minimum atomic E-state index is -1.15. The number of carbonyl (C=O) groups excluding carboxylic acids is 1. The van der Waals surface area contributed by atoms with Crippen LogP contribution in [0.5, 0.6) is 0 Å². The molecular weight excluding hydrogens is 476 g/mol. The number of ether oxygens (including phenoxy) is 1. The molecule has 0 bridgehead atoms. The molecule has 180 valence electrons. The Balaban J connectivity index is 1.67. The average Bonchev–Trinajstić information content (AvgIpc) is 3.14. The van der Waals surface area contributed by atoms with Crippen molar-refractivity contribution in [3.8, 4) is 0 Å². The van der Waals surface area contributed by atoms with Gasteiger partial charge in [0.2, 0.25) is 11.0 Å². The highest BCUT2D eigenvalue weighted by atomic mass is 32.2. The van der Waals surface area contributed by atoms with Gasteiger partial charge in [0.15, 0.2) is 9.04 Å². The molecule has 0 unspecified atom stereocenters. The van der Waals surface area contributed by atoms with Gasteiger partial charge in [-0.2, -0.15) is 0 Å². The smallest absolute Gasteiger partial charge is 0.269 e. The first-order valence-electron chi connectivity index (χ1n) is 11.5. The highest BCUT2D eigenvalue weighted by Crippen LogP contribution is 2.53. The standard InChI is InChI=1S/C23H32N2O5S2Si/c1-5-7-8-16(14-30-33(3)4)19-21(26)24-20(18(6-2)32-22(19)24)23(31)29-13-15-9-11-17(12-10-15)25(27)28/h9-12,16,19,22,33H,5-8,13-14H2,1-4H3/t16-,19-,22+/m0/s1. The molecule has 33 heavy (non-hydrogen) atoms. The summed E-state index contributed by atoms with van der Waals surface area (Å²) in [6, 6.07) is 6.20. The third-order valence-electron chi connectivity index (χ3n) is 5.96. The number of amides is 1. The van der Waals surface area contributed by atoms with Crippen LogP contribution in [0.3, 0.4) is 0 Å². The van der Waals surface area contributed by atoms with Crippen LogP contribution in [0.2, 0.25) is 13.1 Å². The molecular formula is C23H32N2O5S2Si. The van der Waals surface area contributed by atoms with Crippen LogP contribution in [-0.2, 0) is 20.6 Å². The number of thiocarbonyl (C=S) groups is 1. The molecule has 0 spiro atoms. The van der Waals surface area contributed by atoms with Crippen LogP contribution in [0.15, 0.2) is 34.9 Å². The number of carbonyl (C=O) groups is 1. The van der Waals surface area contributed by atoms with Gasteiger partial charge in [-0.25, -0.2) is 0 Å². The number of hydrogen-bond acceptors (Lipinski definition) is 7. The molecule has 2 aliphatic rings. The summed E-state index contributed by atoms with van der Waals surface area (Å²) >= 11 is 7.32. The van der Waals surface area contributed by atoms with Gasteiger partial charge in [-0.05, 0) is 61.8 Å². The van der Waals surface area contributed by atoms with Gasteiger partial charge in [-0.15, -0.1) is 11.8 Å². The fourth-order valence-corrected chi connectivity index (χ4v) is 6.70. The number of non-ortho nitro benzene ring substituents is 1. The number of thioether (sulfide) groups is 1. The van der Waals surface area contributed by atoms with Gasteiger partial charge in [0, 0.05) is 23.6 Å². The first-order valence-corrected chi connectivity index (χ1v) is 15.6. The lowest BCUT2D eigenvalue weighted by atomic mass is 9.81. The number of rotatable bonds is 12. The summed E-state index contributed by atoms with van der Waals surface area (Å²) in [5, 5.41) is 11.2. The first kappa shape index (κ1) is 25.9. The normalized spacial score (nSPS) is 20.6. The van der Waals surface area contributed by atoms with E-state index in [4.69, 9.17) is 21.4 Å². The van der Waals surface area contributed by atoms with Crippen LogP contribution in [0.4, 0.5) is 5.69 Å². The fraction of sp³-hybridized carbons (Fsp3) is 0.565. The van der Waals surface area contributed by atoms with E-state index < -0.39 is 14.0 Å². The van der Waals surface area contributed by atoms with Crippen molar-refractivity contribution in [2.45, 2.75) is 64.6 Å². The van der Waals surface area contributed by atoms with Crippen molar-refractivity contribution in [1.82, 2.24) is 4.90 Å². The molecule has 7 nitrogen and oxygen atoms in total. The van der Waals surface area contributed by atoms with E-state index in [0.29, 0.717) is 11.7 Å². The van der Waals surface area contributed by atoms with Crippen molar-refractivity contribution >= 4 is 49.7 Å². The Labute approximate surface area is 206 Å². The number of hydrogen-bond donors (Lipinski definition) is 0. The molecule has 1 amide bonds. The second-order valence-electron chi connectivity index (χ2n) is 8.65. The van der Waals surface area contributed by atoms with Gasteiger partial charge < -0.3 is 9.16 Å².